The van der Waals surface area contributed by atoms with Gasteiger partial charge >= 0.3 is 0 Å². The number of hydrogen-bond acceptors (Lipinski definition) is 18. The summed E-state index contributed by atoms with van der Waals surface area (Å²) < 4.78 is 19.2. The number of piperidine rings is 2. The third-order valence-electron chi connectivity index (χ3n) is 19.1. The van der Waals surface area contributed by atoms with Gasteiger partial charge < -0.3 is 59.8 Å². The molecule has 0 spiro atoms. The van der Waals surface area contributed by atoms with Crippen molar-refractivity contribution in [3.63, 3.8) is 0 Å². The predicted octanol–water partition coefficient (Wildman–Crippen LogP) is 8.52. The minimum Gasteiger partial charge on any atom is -0.507 e. The lowest BCUT2D eigenvalue weighted by Crippen LogP contribution is -2.54. The highest BCUT2D eigenvalue weighted by molar-refractivity contribution is 7.13. The van der Waals surface area contributed by atoms with Gasteiger partial charge in [0.25, 0.3) is 0 Å². The number of aromatic nitrogens is 5. The van der Waals surface area contributed by atoms with Gasteiger partial charge in [-0.3, -0.25) is 9.59 Å². The van der Waals surface area contributed by atoms with E-state index in [2.05, 4.69) is 62.4 Å². The van der Waals surface area contributed by atoms with Gasteiger partial charge in [0.05, 0.1) is 51.8 Å². The Morgan fingerprint density at radius 3 is 2.27 bits per heavy atom. The Morgan fingerprint density at radius 1 is 0.819 bits per heavy atom. The molecule has 83 heavy (non-hydrogen) atoms. The van der Waals surface area contributed by atoms with Crippen LogP contribution in [-0.4, -0.2) is 151 Å². The van der Waals surface area contributed by atoms with Gasteiger partial charge in [0.2, 0.25) is 17.7 Å². The third kappa shape index (κ3) is 11.4. The number of carbonyl (C=O) groups is 2. The molecular weight excluding hydrogens is 1070 g/mol. The molecule has 4 unspecified atom stereocenters. The number of rotatable bonds is 17. The maximum atomic E-state index is 14.5. The quantitative estimate of drug-likeness (QED) is 0.0671. The zero-order valence-electron chi connectivity index (χ0n) is 48.0. The molecule has 20 heteroatoms. The summed E-state index contributed by atoms with van der Waals surface area (Å²) in [6.45, 7) is 12.8. The summed E-state index contributed by atoms with van der Waals surface area (Å²) in [6, 6.07) is 23.7. The molecule has 6 saturated heterocycles. The zero-order valence-corrected chi connectivity index (χ0v) is 48.8. The lowest BCUT2D eigenvalue weighted by molar-refractivity contribution is -0.141. The minimum absolute atomic E-state index is 0.0865. The van der Waals surface area contributed by atoms with Crippen LogP contribution in [0, 0.1) is 18.8 Å². The molecule has 2 aromatic carbocycles. The standard InChI is InChI=1S/C63H78N12O7S/c1-36(2)59(63(79)73-34-47(76)26-54(73)62(78)67-37(3)40-9-11-41(12-10-40)60-38(4)66-35-83-60)56-30-57(70-82-56)75-42-13-14-43(75)24-39(23-42)31-71-21-18-48(19-22-71)80-49-27-50(28-49)81-58-25-44(17-20-65-58)74-45-15-16-46(74)33-72(32-45)53-29-52(68-69-61(53)64)51-7-5-6-8-55(51)77/h5-12,17,20,25,29-30,35-37,39,42-43,45-50,54,59,76-77H,13-16,18-19,21-24,26-28,31-34H2,1-4H3,(H2,64,69)(H,67,78)/t37-,39?,42?,43?,45?,46?,47+,49?,50?,54-,59-/m0/s1. The van der Waals surface area contributed by atoms with E-state index in [1.54, 1.807) is 28.4 Å². The number of carbonyl (C=O) groups excluding carboxylic acids is 2. The summed E-state index contributed by atoms with van der Waals surface area (Å²) in [5, 5.41) is 37.7. The fourth-order valence-corrected chi connectivity index (χ4v) is 15.7. The molecule has 13 rings (SSSR count). The number of nitrogens with one attached hydrogen (secondary N) is 1. The Labute approximate surface area is 489 Å². The third-order valence-corrected chi connectivity index (χ3v) is 20.1. The van der Waals surface area contributed by atoms with Crippen molar-refractivity contribution in [2.75, 3.05) is 59.7 Å². The number of aliphatic hydroxyl groups is 1. The topological polar surface area (TPSA) is 225 Å². The summed E-state index contributed by atoms with van der Waals surface area (Å²) in [5.74, 6) is 1.84. The highest BCUT2D eigenvalue weighted by Gasteiger charge is 2.47. The Bertz CT molecular complexity index is 3240. The molecule has 0 radical (unpaired) electrons. The average molecular weight is 1150 g/mol. The fraction of sp³-hybridized carbons (Fsp3) is 0.540. The number of fused-ring (bicyclic) bond motifs is 4. The summed E-state index contributed by atoms with van der Waals surface area (Å²) in [6.07, 6.45) is 12.2. The molecule has 6 aliphatic heterocycles. The number of amides is 2. The Morgan fingerprint density at radius 2 is 1.55 bits per heavy atom. The van der Waals surface area contributed by atoms with Crippen LogP contribution in [0.3, 0.4) is 0 Å². The SMILES string of the molecule is Cc1ncsc1-c1ccc([C@H](C)NC(=O)[C@@H]2C[C@@H](O)CN2C(=O)[C@H](c2cc(N3C4CCC3CC(CN3CCC(OC5CC(Oc6cc(N7C8CCC7CN(c7cc(-c9ccccc9O)nnc7N)C8)ccn6)C5)CC3)C4)no2)C(C)C)cc1. The van der Waals surface area contributed by atoms with Gasteiger partial charge in [0.1, 0.15) is 23.8 Å². The molecule has 438 valence electrons. The molecule has 4 bridgehead atoms. The van der Waals surface area contributed by atoms with Crippen LogP contribution in [0.2, 0.25) is 0 Å². The van der Waals surface area contributed by atoms with Gasteiger partial charge in [-0.2, -0.15) is 0 Å². The molecule has 7 fully saturated rings. The fourth-order valence-electron chi connectivity index (χ4n) is 14.8. The van der Waals surface area contributed by atoms with E-state index in [1.807, 2.05) is 87.9 Å². The van der Waals surface area contributed by atoms with E-state index in [1.165, 1.54) is 0 Å². The smallest absolute Gasteiger partial charge is 0.243 e. The van der Waals surface area contributed by atoms with Gasteiger partial charge in [-0.1, -0.05) is 55.4 Å². The highest BCUT2D eigenvalue weighted by Crippen LogP contribution is 2.45. The molecule has 6 aromatic rings. The molecule has 2 amide bonds. The molecule has 8 atom stereocenters. The first-order valence-electron chi connectivity index (χ1n) is 30.3. The van der Waals surface area contributed by atoms with Crippen molar-refractivity contribution in [3.8, 4) is 33.3 Å². The van der Waals surface area contributed by atoms with Crippen molar-refractivity contribution in [1.82, 2.24) is 40.4 Å². The average Bonchev–Trinajstić information content (AvgIpc) is 4.48. The Kier molecular flexibility index (Phi) is 15.5. The maximum absolute atomic E-state index is 14.5. The van der Waals surface area contributed by atoms with Crippen LogP contribution < -0.4 is 30.5 Å². The second kappa shape index (κ2) is 23.3. The van der Waals surface area contributed by atoms with Crippen LogP contribution in [0.5, 0.6) is 11.6 Å². The van der Waals surface area contributed by atoms with E-state index < -0.39 is 18.1 Å². The van der Waals surface area contributed by atoms with Gasteiger partial charge in [0, 0.05) is 112 Å². The summed E-state index contributed by atoms with van der Waals surface area (Å²) in [5.41, 5.74) is 14.5. The Hall–Kier alpha value is -6.87. The number of aliphatic hydroxyl groups excluding tert-OH is 1. The number of nitrogen functional groups attached to an aromatic ring is 1. The van der Waals surface area contributed by atoms with Gasteiger partial charge in [-0.25, -0.2) is 9.97 Å². The van der Waals surface area contributed by atoms with Crippen LogP contribution >= 0.6 is 11.3 Å². The van der Waals surface area contributed by atoms with Crippen LogP contribution in [0.1, 0.15) is 120 Å². The largest absolute Gasteiger partial charge is 0.507 e. The van der Waals surface area contributed by atoms with E-state index in [9.17, 15) is 19.8 Å². The summed E-state index contributed by atoms with van der Waals surface area (Å²) in [4.78, 5) is 50.1. The number of phenols is 1. The second-order valence-corrected chi connectivity index (χ2v) is 25.8. The minimum atomic E-state index is -0.802. The number of β-amino-alcohol motifs (C(OH)–C–C–N with tert-alkyl or cyclic N) is 1. The number of nitrogens with two attached hydrogens (primary N) is 1. The lowest BCUT2D eigenvalue weighted by Gasteiger charge is -2.43. The van der Waals surface area contributed by atoms with E-state index in [4.69, 9.17) is 19.7 Å². The number of likely N-dealkylation sites (tertiary alicyclic amines) is 2. The Balaban J connectivity index is 0.551. The summed E-state index contributed by atoms with van der Waals surface area (Å²) in [7, 11) is 0. The number of piperazine rings is 1. The maximum Gasteiger partial charge on any atom is 0.243 e. The van der Waals surface area contributed by atoms with Crippen molar-refractivity contribution in [3.05, 3.63) is 102 Å². The van der Waals surface area contributed by atoms with Crippen molar-refractivity contribution < 1.29 is 33.8 Å². The van der Waals surface area contributed by atoms with Crippen LogP contribution in [-0.2, 0) is 14.3 Å². The number of phenolic OH excluding ortho intramolecular Hbond substituents is 1. The molecule has 1 saturated carbocycles. The molecule has 7 aliphatic rings. The number of aromatic hydroxyl groups is 1. The van der Waals surface area contributed by atoms with Gasteiger partial charge in [-0.15, -0.1) is 21.5 Å². The highest BCUT2D eigenvalue weighted by atomic mass is 32.1. The van der Waals surface area contributed by atoms with Crippen molar-refractivity contribution >= 4 is 46.2 Å². The number of anilines is 4. The zero-order chi connectivity index (χ0) is 57.0. The lowest BCUT2D eigenvalue weighted by atomic mass is 9.89. The van der Waals surface area contributed by atoms with Crippen LogP contribution in [0.25, 0.3) is 21.7 Å². The van der Waals surface area contributed by atoms with Gasteiger partial charge in [0.15, 0.2) is 17.4 Å². The normalized spacial score (nSPS) is 27.0. The number of benzene rings is 2. The summed E-state index contributed by atoms with van der Waals surface area (Å²) >= 11 is 1.60. The second-order valence-electron chi connectivity index (χ2n) is 25.0. The molecule has 19 nitrogen and oxygen atoms in total. The monoisotopic (exact) mass is 1150 g/mol. The number of ether oxygens (including phenoxy) is 2. The molecule has 1 aliphatic carbocycles. The first-order valence-corrected chi connectivity index (χ1v) is 31.1. The predicted molar refractivity (Wildman–Crippen MR) is 318 cm³/mol. The van der Waals surface area contributed by atoms with E-state index in [0.717, 1.165) is 136 Å². The van der Waals surface area contributed by atoms with Crippen LogP contribution in [0.4, 0.5) is 23.0 Å². The van der Waals surface area contributed by atoms with E-state index in [0.29, 0.717) is 58.8 Å². The van der Waals surface area contributed by atoms with E-state index in [-0.39, 0.29) is 60.8 Å². The number of nitrogens with zero attached hydrogens (tertiary/aromatic N) is 10. The number of para-hydroxylation sites is 1. The van der Waals surface area contributed by atoms with Crippen LogP contribution in [0.15, 0.2) is 89.0 Å². The number of aryl methyl sites for hydroxylation is 1. The number of hydrogen-bond donors (Lipinski definition) is 4. The van der Waals surface area contributed by atoms with Gasteiger partial charge in [-0.05, 0) is 112 Å². The first kappa shape index (κ1) is 55.3. The van der Waals surface area contributed by atoms with Crippen molar-refractivity contribution in [2.24, 2.45) is 11.8 Å². The first-order chi connectivity index (χ1) is 40.3. The molecule has 10 heterocycles. The number of pyridine rings is 1. The molecule has 5 N–H and O–H groups in total. The number of thiazole rings is 1. The van der Waals surface area contributed by atoms with Crippen molar-refractivity contribution in [2.45, 2.75) is 165 Å². The molecule has 4 aromatic heterocycles. The van der Waals surface area contributed by atoms with Crippen molar-refractivity contribution in [1.29, 1.82) is 0 Å². The molecular formula is C63H78N12O7S. The van der Waals surface area contributed by atoms with E-state index >= 15 is 0 Å².